The summed E-state index contributed by atoms with van der Waals surface area (Å²) in [5.41, 5.74) is -0.548. The Morgan fingerprint density at radius 3 is 2.63 bits per heavy atom. The minimum absolute atomic E-state index is 0.0141. The van der Waals surface area contributed by atoms with E-state index in [1.54, 1.807) is 0 Å². The van der Waals surface area contributed by atoms with Gasteiger partial charge in [0, 0.05) is 5.54 Å². The van der Waals surface area contributed by atoms with Crippen LogP contribution in [0.4, 0.5) is 11.5 Å². The van der Waals surface area contributed by atoms with Crippen LogP contribution in [-0.2, 0) is 0 Å². The molecule has 0 spiro atoms. The first-order chi connectivity index (χ1) is 8.85. The molecule has 0 bridgehead atoms. The van der Waals surface area contributed by atoms with E-state index in [0.717, 1.165) is 12.8 Å². The van der Waals surface area contributed by atoms with E-state index in [4.69, 9.17) is 4.74 Å². The molecule has 0 amide bonds. The molecule has 1 aromatic rings. The molecule has 1 N–H and O–H groups in total. The van der Waals surface area contributed by atoms with E-state index in [0.29, 0.717) is 6.61 Å². The van der Waals surface area contributed by atoms with Crippen LogP contribution in [0.3, 0.4) is 0 Å². The van der Waals surface area contributed by atoms with Crippen molar-refractivity contribution in [1.82, 2.24) is 9.97 Å². The first-order valence-electron chi connectivity index (χ1n) is 6.25. The Kier molecular flexibility index (Phi) is 5.02. The maximum Gasteiger partial charge on any atom is 0.372 e. The zero-order valence-corrected chi connectivity index (χ0v) is 11.8. The van der Waals surface area contributed by atoms with Crippen LogP contribution in [0.5, 0.6) is 5.88 Å². The van der Waals surface area contributed by atoms with Gasteiger partial charge in [-0.25, -0.2) is 4.98 Å². The van der Waals surface area contributed by atoms with Crippen molar-refractivity contribution in [1.29, 1.82) is 0 Å². The highest BCUT2D eigenvalue weighted by atomic mass is 16.6. The molecule has 0 fully saturated rings. The summed E-state index contributed by atoms with van der Waals surface area (Å²) in [6.45, 7) is 8.12. The van der Waals surface area contributed by atoms with Gasteiger partial charge in [0.25, 0.3) is 5.88 Å². The predicted octanol–water partition coefficient (Wildman–Crippen LogP) is 2.77. The molecule has 0 atom stereocenters. The summed E-state index contributed by atoms with van der Waals surface area (Å²) in [5.74, 6) is 0.194. The summed E-state index contributed by atoms with van der Waals surface area (Å²) in [7, 11) is 0. The van der Waals surface area contributed by atoms with Gasteiger partial charge in [-0.3, -0.25) is 10.1 Å². The lowest BCUT2D eigenvalue weighted by Gasteiger charge is -2.21. The number of aromatic nitrogens is 2. The van der Waals surface area contributed by atoms with Gasteiger partial charge in [0.2, 0.25) is 5.82 Å². The fourth-order valence-electron chi connectivity index (χ4n) is 1.39. The Morgan fingerprint density at radius 2 is 2.11 bits per heavy atom. The molecule has 0 aromatic carbocycles. The van der Waals surface area contributed by atoms with Crippen LogP contribution < -0.4 is 10.1 Å². The molecule has 0 unspecified atom stereocenters. The van der Waals surface area contributed by atoms with Gasteiger partial charge in [0.1, 0.15) is 6.33 Å². The lowest BCUT2D eigenvalue weighted by molar-refractivity contribution is -0.385. The zero-order valence-electron chi connectivity index (χ0n) is 11.8. The standard InChI is InChI=1S/C12H20N4O3/c1-5-6-7-19-11-9(16(17)18)10(13-8-14-11)15-12(2,3)4/h8H,5-7H2,1-4H3,(H,13,14,15). The number of hydrogen-bond acceptors (Lipinski definition) is 6. The third kappa shape index (κ3) is 4.69. The maximum absolute atomic E-state index is 11.2. The van der Waals surface area contributed by atoms with Crippen LogP contribution in [-0.4, -0.2) is 27.0 Å². The minimum atomic E-state index is -0.518. The van der Waals surface area contributed by atoms with Gasteiger partial charge >= 0.3 is 5.69 Å². The Balaban J connectivity index is 3.04. The maximum atomic E-state index is 11.2. The van der Waals surface area contributed by atoms with Crippen molar-refractivity contribution in [3.05, 3.63) is 16.4 Å². The molecule has 0 saturated carbocycles. The lowest BCUT2D eigenvalue weighted by Crippen LogP contribution is -2.27. The largest absolute Gasteiger partial charge is 0.473 e. The molecule has 0 radical (unpaired) electrons. The molecule has 19 heavy (non-hydrogen) atoms. The number of nitrogens with zero attached hydrogens (tertiary/aromatic N) is 3. The third-order valence-corrected chi connectivity index (χ3v) is 2.20. The molecule has 0 aliphatic rings. The van der Waals surface area contributed by atoms with Crippen LogP contribution in [0, 0.1) is 10.1 Å². The van der Waals surface area contributed by atoms with Crippen LogP contribution in [0.25, 0.3) is 0 Å². The summed E-state index contributed by atoms with van der Waals surface area (Å²) in [4.78, 5) is 18.4. The normalized spacial score (nSPS) is 11.2. The van der Waals surface area contributed by atoms with Crippen LogP contribution in [0.15, 0.2) is 6.33 Å². The highest BCUT2D eigenvalue weighted by Gasteiger charge is 2.26. The average molecular weight is 268 g/mol. The van der Waals surface area contributed by atoms with Gasteiger partial charge in [0.15, 0.2) is 0 Å². The van der Waals surface area contributed by atoms with Crippen molar-refractivity contribution in [2.24, 2.45) is 0 Å². The lowest BCUT2D eigenvalue weighted by atomic mass is 10.1. The molecule has 0 saturated heterocycles. The van der Waals surface area contributed by atoms with Gasteiger partial charge < -0.3 is 10.1 Å². The van der Waals surface area contributed by atoms with E-state index in [9.17, 15) is 10.1 Å². The SMILES string of the molecule is CCCCOc1ncnc(NC(C)(C)C)c1[N+](=O)[O-]. The number of nitrogens with one attached hydrogen (secondary N) is 1. The van der Waals surface area contributed by atoms with Gasteiger partial charge in [-0.2, -0.15) is 4.98 Å². The Morgan fingerprint density at radius 1 is 1.42 bits per heavy atom. The second-order valence-electron chi connectivity index (χ2n) is 5.21. The Labute approximate surface area is 112 Å². The number of nitro groups is 1. The summed E-state index contributed by atoms with van der Waals surface area (Å²) < 4.78 is 5.36. The van der Waals surface area contributed by atoms with Gasteiger partial charge in [0.05, 0.1) is 11.5 Å². The summed E-state index contributed by atoms with van der Waals surface area (Å²) in [6, 6.07) is 0. The third-order valence-electron chi connectivity index (χ3n) is 2.20. The predicted molar refractivity (Wildman–Crippen MR) is 72.5 cm³/mol. The number of ether oxygens (including phenoxy) is 1. The van der Waals surface area contributed by atoms with E-state index in [2.05, 4.69) is 15.3 Å². The molecule has 106 valence electrons. The average Bonchev–Trinajstić information content (AvgIpc) is 2.26. The Hall–Kier alpha value is -1.92. The molecule has 0 aliphatic carbocycles. The van der Waals surface area contributed by atoms with E-state index < -0.39 is 4.92 Å². The van der Waals surface area contributed by atoms with Crippen LogP contribution in [0.1, 0.15) is 40.5 Å². The van der Waals surface area contributed by atoms with Crippen molar-refractivity contribution in [2.45, 2.75) is 46.1 Å². The van der Waals surface area contributed by atoms with E-state index in [-0.39, 0.29) is 22.9 Å². The fraction of sp³-hybridized carbons (Fsp3) is 0.667. The monoisotopic (exact) mass is 268 g/mol. The summed E-state index contributed by atoms with van der Waals surface area (Å²) >= 11 is 0. The molecule has 1 heterocycles. The number of hydrogen-bond donors (Lipinski definition) is 1. The van der Waals surface area contributed by atoms with Crippen molar-refractivity contribution < 1.29 is 9.66 Å². The van der Waals surface area contributed by atoms with E-state index >= 15 is 0 Å². The summed E-state index contributed by atoms with van der Waals surface area (Å²) in [5, 5.41) is 14.2. The zero-order chi connectivity index (χ0) is 14.5. The molecular weight excluding hydrogens is 248 g/mol. The van der Waals surface area contributed by atoms with Crippen molar-refractivity contribution in [3.8, 4) is 5.88 Å². The first-order valence-corrected chi connectivity index (χ1v) is 6.25. The number of rotatable bonds is 6. The number of unbranched alkanes of at least 4 members (excludes halogenated alkanes) is 1. The first kappa shape index (κ1) is 15.1. The van der Waals surface area contributed by atoms with Gasteiger partial charge in [-0.15, -0.1) is 0 Å². The van der Waals surface area contributed by atoms with Crippen molar-refractivity contribution in [3.63, 3.8) is 0 Å². The minimum Gasteiger partial charge on any atom is -0.473 e. The van der Waals surface area contributed by atoms with Crippen molar-refractivity contribution in [2.75, 3.05) is 11.9 Å². The molecule has 7 heteroatoms. The molecular formula is C12H20N4O3. The Bertz CT molecular complexity index is 443. The van der Waals surface area contributed by atoms with E-state index in [1.807, 2.05) is 27.7 Å². The van der Waals surface area contributed by atoms with E-state index in [1.165, 1.54) is 6.33 Å². The van der Waals surface area contributed by atoms with Gasteiger partial charge in [-0.05, 0) is 27.2 Å². The van der Waals surface area contributed by atoms with Crippen LogP contribution >= 0.6 is 0 Å². The quantitative estimate of drug-likeness (QED) is 0.484. The smallest absolute Gasteiger partial charge is 0.372 e. The summed E-state index contributed by atoms with van der Waals surface area (Å²) in [6.07, 6.45) is 3.04. The topological polar surface area (TPSA) is 90.2 Å². The highest BCUT2D eigenvalue weighted by Crippen LogP contribution is 2.32. The molecule has 7 nitrogen and oxygen atoms in total. The fourth-order valence-corrected chi connectivity index (χ4v) is 1.39. The second kappa shape index (κ2) is 6.31. The second-order valence-corrected chi connectivity index (χ2v) is 5.21. The number of anilines is 1. The molecule has 0 aliphatic heterocycles. The molecule has 1 rings (SSSR count). The van der Waals surface area contributed by atoms with Gasteiger partial charge in [-0.1, -0.05) is 13.3 Å². The van der Waals surface area contributed by atoms with Crippen LogP contribution in [0.2, 0.25) is 0 Å². The van der Waals surface area contributed by atoms with Crippen molar-refractivity contribution >= 4 is 11.5 Å². The highest BCUT2D eigenvalue weighted by molar-refractivity contribution is 5.61. The molecule has 1 aromatic heterocycles.